The van der Waals surface area contributed by atoms with Gasteiger partial charge in [0.15, 0.2) is 0 Å². The zero-order valence-electron chi connectivity index (χ0n) is 12.2. The van der Waals surface area contributed by atoms with E-state index in [2.05, 4.69) is 33.4 Å². The summed E-state index contributed by atoms with van der Waals surface area (Å²) in [5.41, 5.74) is 1.30. The molecular weight excluding hydrogens is 338 g/mol. The van der Waals surface area contributed by atoms with Crippen molar-refractivity contribution < 1.29 is 8.42 Å². The van der Waals surface area contributed by atoms with Gasteiger partial charge in [-0.25, -0.2) is 8.42 Å². The summed E-state index contributed by atoms with van der Waals surface area (Å²) in [5, 5.41) is 3.20. The lowest BCUT2D eigenvalue weighted by atomic mass is 9.95. The van der Waals surface area contributed by atoms with Crippen LogP contribution in [0.4, 0.5) is 0 Å². The second kappa shape index (κ2) is 8.80. The van der Waals surface area contributed by atoms with Crippen molar-refractivity contribution in [1.82, 2.24) is 5.32 Å². The SMILES string of the molecule is CCS(=O)(=O)CCCC(CNC)Cc1ccc(Br)cc1. The average molecular weight is 362 g/mol. The van der Waals surface area contributed by atoms with Gasteiger partial charge < -0.3 is 5.32 Å². The Labute approximate surface area is 131 Å². The zero-order valence-corrected chi connectivity index (χ0v) is 14.6. The predicted octanol–water partition coefficient (Wildman–Crippen LogP) is 3.04. The number of rotatable bonds is 9. The molecule has 1 atom stereocenters. The lowest BCUT2D eigenvalue weighted by molar-refractivity contribution is 0.455. The molecule has 0 fully saturated rings. The van der Waals surface area contributed by atoms with Crippen LogP contribution in [0.15, 0.2) is 28.7 Å². The van der Waals surface area contributed by atoms with Crippen molar-refractivity contribution in [2.75, 3.05) is 25.1 Å². The molecule has 0 aliphatic heterocycles. The maximum atomic E-state index is 11.5. The zero-order chi connectivity index (χ0) is 15.0. The molecule has 0 saturated heterocycles. The third-order valence-electron chi connectivity index (χ3n) is 3.44. The Morgan fingerprint density at radius 2 is 1.90 bits per heavy atom. The van der Waals surface area contributed by atoms with E-state index < -0.39 is 9.84 Å². The van der Waals surface area contributed by atoms with Gasteiger partial charge in [-0.3, -0.25) is 0 Å². The van der Waals surface area contributed by atoms with Crippen LogP contribution in [0.25, 0.3) is 0 Å². The molecule has 20 heavy (non-hydrogen) atoms. The van der Waals surface area contributed by atoms with Crippen molar-refractivity contribution in [2.45, 2.75) is 26.2 Å². The molecule has 0 spiro atoms. The second-order valence-electron chi connectivity index (χ2n) is 5.13. The number of nitrogens with one attached hydrogen (secondary N) is 1. The highest BCUT2D eigenvalue weighted by Crippen LogP contribution is 2.17. The van der Waals surface area contributed by atoms with Gasteiger partial charge in [-0.2, -0.15) is 0 Å². The summed E-state index contributed by atoms with van der Waals surface area (Å²) in [5.74, 6) is 1.04. The predicted molar refractivity (Wildman–Crippen MR) is 88.8 cm³/mol. The fraction of sp³-hybridized carbons (Fsp3) is 0.600. The molecule has 0 aliphatic rings. The fourth-order valence-electron chi connectivity index (χ4n) is 2.26. The Bertz CT molecular complexity index is 485. The van der Waals surface area contributed by atoms with Gasteiger partial charge in [0.2, 0.25) is 0 Å². The summed E-state index contributed by atoms with van der Waals surface area (Å²) in [7, 11) is -0.893. The largest absolute Gasteiger partial charge is 0.319 e. The molecule has 0 heterocycles. The van der Waals surface area contributed by atoms with Gasteiger partial charge in [-0.05, 0) is 56.5 Å². The van der Waals surface area contributed by atoms with E-state index in [1.807, 2.05) is 19.2 Å². The van der Waals surface area contributed by atoms with Crippen LogP contribution in [0.1, 0.15) is 25.3 Å². The molecule has 0 radical (unpaired) electrons. The molecule has 114 valence electrons. The molecule has 1 aromatic carbocycles. The van der Waals surface area contributed by atoms with Gasteiger partial charge in [0.05, 0.1) is 5.75 Å². The van der Waals surface area contributed by atoms with E-state index in [-0.39, 0.29) is 5.75 Å². The Balaban J connectivity index is 2.50. The second-order valence-corrected chi connectivity index (χ2v) is 8.52. The molecule has 0 saturated carbocycles. The molecule has 0 aliphatic carbocycles. The van der Waals surface area contributed by atoms with Crippen molar-refractivity contribution >= 4 is 25.8 Å². The topological polar surface area (TPSA) is 46.2 Å². The van der Waals surface area contributed by atoms with Crippen molar-refractivity contribution in [2.24, 2.45) is 5.92 Å². The minimum atomic E-state index is -2.84. The number of halogens is 1. The lowest BCUT2D eigenvalue weighted by Gasteiger charge is -2.16. The fourth-order valence-corrected chi connectivity index (χ4v) is 3.41. The summed E-state index contributed by atoms with van der Waals surface area (Å²) in [6.45, 7) is 2.63. The summed E-state index contributed by atoms with van der Waals surface area (Å²) >= 11 is 3.44. The van der Waals surface area contributed by atoms with E-state index in [9.17, 15) is 8.42 Å². The van der Waals surface area contributed by atoms with Crippen LogP contribution in [0.3, 0.4) is 0 Å². The first-order valence-electron chi connectivity index (χ1n) is 7.06. The van der Waals surface area contributed by atoms with E-state index in [4.69, 9.17) is 0 Å². The number of hydrogen-bond donors (Lipinski definition) is 1. The minimum absolute atomic E-state index is 0.246. The molecule has 1 aromatic rings. The molecule has 1 rings (SSSR count). The summed E-state index contributed by atoms with van der Waals surface area (Å²) in [4.78, 5) is 0. The van der Waals surface area contributed by atoms with Crippen LogP contribution >= 0.6 is 15.9 Å². The quantitative estimate of drug-likeness (QED) is 0.735. The molecule has 5 heteroatoms. The van der Waals surface area contributed by atoms with Crippen LogP contribution in [-0.4, -0.2) is 33.5 Å². The maximum Gasteiger partial charge on any atom is 0.150 e. The maximum absolute atomic E-state index is 11.5. The smallest absolute Gasteiger partial charge is 0.150 e. The third kappa shape index (κ3) is 6.86. The summed E-state index contributed by atoms with van der Waals surface area (Å²) < 4.78 is 24.1. The molecule has 0 amide bonds. The van der Waals surface area contributed by atoms with Crippen LogP contribution < -0.4 is 5.32 Å². The van der Waals surface area contributed by atoms with Crippen LogP contribution in [0.5, 0.6) is 0 Å². The van der Waals surface area contributed by atoms with Gasteiger partial charge in [-0.15, -0.1) is 0 Å². The van der Waals surface area contributed by atoms with E-state index in [0.717, 1.165) is 30.3 Å². The number of hydrogen-bond acceptors (Lipinski definition) is 3. The highest BCUT2D eigenvalue weighted by Gasteiger charge is 2.12. The standard InChI is InChI=1S/C15H24BrNO2S/c1-3-20(18,19)10-4-5-14(12-17-2)11-13-6-8-15(16)9-7-13/h6-9,14,17H,3-5,10-12H2,1-2H3. The first-order valence-corrected chi connectivity index (χ1v) is 9.67. The third-order valence-corrected chi connectivity index (χ3v) is 5.76. The highest BCUT2D eigenvalue weighted by molar-refractivity contribution is 9.10. The minimum Gasteiger partial charge on any atom is -0.319 e. The van der Waals surface area contributed by atoms with Crippen molar-refractivity contribution in [3.63, 3.8) is 0 Å². The summed E-state index contributed by atoms with van der Waals surface area (Å²) in [6, 6.07) is 8.34. The van der Waals surface area contributed by atoms with Crippen LogP contribution in [0.2, 0.25) is 0 Å². The Hall–Kier alpha value is -0.390. The van der Waals surface area contributed by atoms with Gasteiger partial charge >= 0.3 is 0 Å². The highest BCUT2D eigenvalue weighted by atomic mass is 79.9. The first kappa shape index (κ1) is 17.7. The van der Waals surface area contributed by atoms with Gasteiger partial charge in [0.1, 0.15) is 9.84 Å². The first-order chi connectivity index (χ1) is 9.46. The summed E-state index contributed by atoms with van der Waals surface area (Å²) in [6.07, 6.45) is 2.68. The van der Waals surface area contributed by atoms with Crippen molar-refractivity contribution in [3.05, 3.63) is 34.3 Å². The van der Waals surface area contributed by atoms with E-state index in [1.165, 1.54) is 5.56 Å². The van der Waals surface area contributed by atoms with Crippen molar-refractivity contribution in [1.29, 1.82) is 0 Å². The normalized spacial score (nSPS) is 13.3. The Kier molecular flexibility index (Phi) is 7.77. The lowest BCUT2D eigenvalue weighted by Crippen LogP contribution is -2.22. The van der Waals surface area contributed by atoms with E-state index in [0.29, 0.717) is 11.7 Å². The van der Waals surface area contributed by atoms with E-state index in [1.54, 1.807) is 6.92 Å². The number of benzene rings is 1. The molecule has 1 N–H and O–H groups in total. The van der Waals surface area contributed by atoms with Crippen LogP contribution in [-0.2, 0) is 16.3 Å². The molecule has 3 nitrogen and oxygen atoms in total. The van der Waals surface area contributed by atoms with Gasteiger partial charge in [0.25, 0.3) is 0 Å². The Morgan fingerprint density at radius 1 is 1.25 bits per heavy atom. The van der Waals surface area contributed by atoms with Gasteiger partial charge in [0, 0.05) is 10.2 Å². The van der Waals surface area contributed by atoms with E-state index >= 15 is 0 Å². The molecule has 0 bridgehead atoms. The Morgan fingerprint density at radius 3 is 2.45 bits per heavy atom. The number of sulfone groups is 1. The van der Waals surface area contributed by atoms with Crippen molar-refractivity contribution in [3.8, 4) is 0 Å². The van der Waals surface area contributed by atoms with Gasteiger partial charge in [-0.1, -0.05) is 35.0 Å². The monoisotopic (exact) mass is 361 g/mol. The molecule has 0 aromatic heterocycles. The molecular formula is C15H24BrNO2S. The average Bonchev–Trinajstić information content (AvgIpc) is 2.41. The van der Waals surface area contributed by atoms with Crippen LogP contribution in [0, 0.1) is 5.92 Å². The molecule has 1 unspecified atom stereocenters.